The molecule has 1 aliphatic heterocycles. The molecule has 0 spiro atoms. The molecule has 3 rings (SSSR count). The fourth-order valence-corrected chi connectivity index (χ4v) is 3.35. The first kappa shape index (κ1) is 12.8. The lowest BCUT2D eigenvalue weighted by Crippen LogP contribution is -2.35. The predicted molar refractivity (Wildman–Crippen MR) is 78.9 cm³/mol. The standard InChI is InChI=1S/C13H14ClN3OS/c1-13(4-5-15-7-13)11(18)17-12-16-9-3-2-8(14)6-10(9)19-12/h2-3,6,15H,4-5,7H2,1H3,(H,16,17,18). The third-order valence-corrected chi connectivity index (χ3v) is 4.66. The van der Waals surface area contributed by atoms with Crippen molar-refractivity contribution in [1.82, 2.24) is 10.3 Å². The molecule has 1 fully saturated rings. The third-order valence-electron chi connectivity index (χ3n) is 3.49. The number of aromatic nitrogens is 1. The van der Waals surface area contributed by atoms with Gasteiger partial charge >= 0.3 is 0 Å². The van der Waals surface area contributed by atoms with Crippen LogP contribution in [-0.2, 0) is 4.79 Å². The first-order valence-electron chi connectivity index (χ1n) is 6.15. The molecule has 1 saturated heterocycles. The Morgan fingerprint density at radius 2 is 2.42 bits per heavy atom. The smallest absolute Gasteiger partial charge is 0.233 e. The van der Waals surface area contributed by atoms with Gasteiger partial charge in [0.15, 0.2) is 5.13 Å². The van der Waals surface area contributed by atoms with Gasteiger partial charge in [-0.25, -0.2) is 4.98 Å². The lowest BCUT2D eigenvalue weighted by atomic mass is 9.89. The first-order valence-corrected chi connectivity index (χ1v) is 7.35. The molecule has 1 aromatic carbocycles. The van der Waals surface area contributed by atoms with Gasteiger partial charge < -0.3 is 10.6 Å². The molecular formula is C13H14ClN3OS. The second-order valence-corrected chi connectivity index (χ2v) is 6.54. The van der Waals surface area contributed by atoms with E-state index in [0.717, 1.165) is 29.7 Å². The Balaban J connectivity index is 1.83. The third kappa shape index (κ3) is 2.45. The minimum Gasteiger partial charge on any atom is -0.316 e. The summed E-state index contributed by atoms with van der Waals surface area (Å²) in [6.45, 7) is 3.58. The van der Waals surface area contributed by atoms with Crippen LogP contribution in [0.15, 0.2) is 18.2 Å². The summed E-state index contributed by atoms with van der Waals surface area (Å²) in [5.74, 6) is 0.0302. The van der Waals surface area contributed by atoms with Crippen molar-refractivity contribution in [2.24, 2.45) is 5.41 Å². The van der Waals surface area contributed by atoms with Crippen LogP contribution < -0.4 is 10.6 Å². The summed E-state index contributed by atoms with van der Waals surface area (Å²) in [5, 5.41) is 7.45. The largest absolute Gasteiger partial charge is 0.316 e. The Morgan fingerprint density at radius 1 is 1.58 bits per heavy atom. The van der Waals surface area contributed by atoms with Gasteiger partial charge in [0, 0.05) is 11.6 Å². The molecule has 100 valence electrons. The van der Waals surface area contributed by atoms with Crippen LogP contribution in [0.4, 0.5) is 5.13 Å². The number of fused-ring (bicyclic) bond motifs is 1. The Bertz CT molecular complexity index is 634. The number of amides is 1. The van der Waals surface area contributed by atoms with E-state index in [-0.39, 0.29) is 11.3 Å². The van der Waals surface area contributed by atoms with Crippen LogP contribution in [-0.4, -0.2) is 24.0 Å². The highest BCUT2D eigenvalue weighted by Gasteiger charge is 2.36. The maximum absolute atomic E-state index is 12.3. The molecule has 0 aliphatic carbocycles. The minimum absolute atomic E-state index is 0.0302. The number of halogens is 1. The van der Waals surface area contributed by atoms with E-state index in [0.29, 0.717) is 10.2 Å². The number of thiazole rings is 1. The molecule has 4 nitrogen and oxygen atoms in total. The van der Waals surface area contributed by atoms with Gasteiger partial charge in [-0.05, 0) is 38.1 Å². The van der Waals surface area contributed by atoms with Crippen LogP contribution >= 0.6 is 22.9 Å². The van der Waals surface area contributed by atoms with Crippen LogP contribution in [0.1, 0.15) is 13.3 Å². The zero-order chi connectivity index (χ0) is 13.5. The molecule has 0 radical (unpaired) electrons. The van der Waals surface area contributed by atoms with Crippen molar-refractivity contribution in [3.8, 4) is 0 Å². The molecule has 2 aromatic rings. The molecule has 1 atom stereocenters. The minimum atomic E-state index is -0.338. The van der Waals surface area contributed by atoms with E-state index in [1.807, 2.05) is 19.1 Å². The quantitative estimate of drug-likeness (QED) is 0.896. The molecule has 2 heterocycles. The number of hydrogen-bond donors (Lipinski definition) is 2. The van der Waals surface area contributed by atoms with Crippen LogP contribution in [0.5, 0.6) is 0 Å². The highest BCUT2D eigenvalue weighted by atomic mass is 35.5. The fraction of sp³-hybridized carbons (Fsp3) is 0.385. The lowest BCUT2D eigenvalue weighted by Gasteiger charge is -2.20. The summed E-state index contributed by atoms with van der Waals surface area (Å²) < 4.78 is 0.984. The number of hydrogen-bond acceptors (Lipinski definition) is 4. The molecule has 2 N–H and O–H groups in total. The van der Waals surface area contributed by atoms with E-state index in [2.05, 4.69) is 15.6 Å². The van der Waals surface area contributed by atoms with Crippen LogP contribution in [0.2, 0.25) is 5.02 Å². The number of anilines is 1. The Morgan fingerprint density at radius 3 is 3.16 bits per heavy atom. The van der Waals surface area contributed by atoms with Crippen molar-refractivity contribution in [1.29, 1.82) is 0 Å². The second-order valence-electron chi connectivity index (χ2n) is 5.07. The maximum Gasteiger partial charge on any atom is 0.233 e. The van der Waals surface area contributed by atoms with Crippen molar-refractivity contribution in [2.75, 3.05) is 18.4 Å². The number of nitrogens with zero attached hydrogens (tertiary/aromatic N) is 1. The van der Waals surface area contributed by atoms with Crippen molar-refractivity contribution in [3.05, 3.63) is 23.2 Å². The number of rotatable bonds is 2. The van der Waals surface area contributed by atoms with Gasteiger partial charge in [0.1, 0.15) is 0 Å². The summed E-state index contributed by atoms with van der Waals surface area (Å²) in [4.78, 5) is 16.7. The Labute approximate surface area is 120 Å². The fourth-order valence-electron chi connectivity index (χ4n) is 2.21. The highest BCUT2D eigenvalue weighted by Crippen LogP contribution is 2.31. The predicted octanol–water partition coefficient (Wildman–Crippen LogP) is 2.89. The second kappa shape index (κ2) is 4.74. The van der Waals surface area contributed by atoms with Gasteiger partial charge in [-0.15, -0.1) is 0 Å². The molecule has 0 bridgehead atoms. The molecule has 1 unspecified atom stereocenters. The van der Waals surface area contributed by atoms with Crippen molar-refractivity contribution < 1.29 is 4.79 Å². The highest BCUT2D eigenvalue weighted by molar-refractivity contribution is 7.22. The van der Waals surface area contributed by atoms with Gasteiger partial charge in [0.05, 0.1) is 15.6 Å². The first-order chi connectivity index (χ1) is 9.07. The zero-order valence-corrected chi connectivity index (χ0v) is 12.1. The molecule has 6 heteroatoms. The van der Waals surface area contributed by atoms with Gasteiger partial charge in [0.2, 0.25) is 5.91 Å². The average Bonchev–Trinajstić information content (AvgIpc) is 2.95. The van der Waals surface area contributed by atoms with Gasteiger partial charge in [-0.3, -0.25) is 4.79 Å². The number of carbonyl (C=O) groups is 1. The van der Waals surface area contributed by atoms with E-state index in [9.17, 15) is 4.79 Å². The van der Waals surface area contributed by atoms with Gasteiger partial charge in [-0.2, -0.15) is 0 Å². The van der Waals surface area contributed by atoms with Crippen LogP contribution in [0.25, 0.3) is 10.2 Å². The lowest BCUT2D eigenvalue weighted by molar-refractivity contribution is -0.123. The summed E-state index contributed by atoms with van der Waals surface area (Å²) in [7, 11) is 0. The maximum atomic E-state index is 12.3. The van der Waals surface area contributed by atoms with Gasteiger partial charge in [-0.1, -0.05) is 22.9 Å². The molecule has 0 saturated carbocycles. The van der Waals surface area contributed by atoms with E-state index in [1.165, 1.54) is 11.3 Å². The van der Waals surface area contributed by atoms with E-state index < -0.39 is 0 Å². The molecule has 1 aromatic heterocycles. The van der Waals surface area contributed by atoms with Gasteiger partial charge in [0.25, 0.3) is 0 Å². The Hall–Kier alpha value is -1.17. The Kier molecular flexibility index (Phi) is 3.20. The SMILES string of the molecule is CC1(C(=O)Nc2nc3ccc(Cl)cc3s2)CCNC1. The number of benzene rings is 1. The normalized spacial score (nSPS) is 22.8. The van der Waals surface area contributed by atoms with Crippen LogP contribution in [0.3, 0.4) is 0 Å². The topological polar surface area (TPSA) is 54.0 Å². The number of carbonyl (C=O) groups excluding carboxylic acids is 1. The monoisotopic (exact) mass is 295 g/mol. The van der Waals surface area contributed by atoms with Crippen molar-refractivity contribution in [3.63, 3.8) is 0 Å². The summed E-state index contributed by atoms with van der Waals surface area (Å²) in [6, 6.07) is 5.53. The van der Waals surface area contributed by atoms with E-state index in [4.69, 9.17) is 11.6 Å². The average molecular weight is 296 g/mol. The summed E-state index contributed by atoms with van der Waals surface area (Å²) in [5.41, 5.74) is 0.523. The van der Waals surface area contributed by atoms with Crippen molar-refractivity contribution in [2.45, 2.75) is 13.3 Å². The van der Waals surface area contributed by atoms with Crippen molar-refractivity contribution >= 4 is 44.2 Å². The zero-order valence-electron chi connectivity index (χ0n) is 10.5. The molecule has 1 aliphatic rings. The van der Waals surface area contributed by atoms with E-state index >= 15 is 0 Å². The summed E-state index contributed by atoms with van der Waals surface area (Å²) >= 11 is 7.39. The molecular weight excluding hydrogens is 282 g/mol. The number of nitrogens with one attached hydrogen (secondary N) is 2. The molecule has 1 amide bonds. The summed E-state index contributed by atoms with van der Waals surface area (Å²) in [6.07, 6.45) is 0.857. The van der Waals surface area contributed by atoms with Crippen LogP contribution in [0, 0.1) is 5.41 Å². The van der Waals surface area contributed by atoms with E-state index in [1.54, 1.807) is 6.07 Å². The molecule has 19 heavy (non-hydrogen) atoms.